The Bertz CT molecular complexity index is 365. The first kappa shape index (κ1) is 11.2. The summed E-state index contributed by atoms with van der Waals surface area (Å²) in [5.41, 5.74) is 6.77. The molecule has 14 heavy (non-hydrogen) atoms. The van der Waals surface area contributed by atoms with Gasteiger partial charge in [-0.3, -0.25) is 0 Å². The van der Waals surface area contributed by atoms with Crippen LogP contribution in [-0.2, 0) is 6.54 Å². The summed E-state index contributed by atoms with van der Waals surface area (Å²) in [5.74, 6) is 5.36. The molecule has 0 amide bonds. The largest absolute Gasteiger partial charge is 0.326 e. The average Bonchev–Trinajstić information content (AvgIpc) is 2.21. The van der Waals surface area contributed by atoms with Crippen LogP contribution in [0.2, 0.25) is 0 Å². The minimum absolute atomic E-state index is 0.288. The highest BCUT2D eigenvalue weighted by molar-refractivity contribution is 9.09. The Morgan fingerprint density at radius 1 is 1.43 bits per heavy atom. The van der Waals surface area contributed by atoms with E-state index >= 15 is 0 Å². The van der Waals surface area contributed by atoms with E-state index in [1.807, 2.05) is 0 Å². The van der Waals surface area contributed by atoms with E-state index in [4.69, 9.17) is 5.73 Å². The fourth-order valence-corrected chi connectivity index (χ4v) is 1.20. The van der Waals surface area contributed by atoms with Crippen molar-refractivity contribution in [3.8, 4) is 11.8 Å². The van der Waals surface area contributed by atoms with E-state index in [9.17, 15) is 4.39 Å². The van der Waals surface area contributed by atoms with E-state index in [-0.39, 0.29) is 5.82 Å². The van der Waals surface area contributed by atoms with Crippen LogP contribution in [0, 0.1) is 17.7 Å². The molecule has 0 saturated heterocycles. The lowest BCUT2D eigenvalue weighted by Crippen LogP contribution is -1.97. The van der Waals surface area contributed by atoms with Crippen LogP contribution in [0.1, 0.15) is 17.5 Å². The first-order valence-corrected chi connectivity index (χ1v) is 5.43. The van der Waals surface area contributed by atoms with Crippen molar-refractivity contribution in [2.24, 2.45) is 5.73 Å². The van der Waals surface area contributed by atoms with Crippen molar-refractivity contribution >= 4 is 15.9 Å². The van der Waals surface area contributed by atoms with Crippen LogP contribution in [0.25, 0.3) is 0 Å². The van der Waals surface area contributed by atoms with Gasteiger partial charge in [-0.2, -0.15) is 0 Å². The standard InChI is InChI=1S/C11H11BrFN/c12-6-2-1-3-10-7-9(8-14)4-5-11(10)13/h4-5,7H,2,6,8,14H2. The van der Waals surface area contributed by atoms with Crippen molar-refractivity contribution in [3.05, 3.63) is 35.1 Å². The van der Waals surface area contributed by atoms with Gasteiger partial charge in [0.2, 0.25) is 0 Å². The van der Waals surface area contributed by atoms with Crippen LogP contribution < -0.4 is 5.73 Å². The summed E-state index contributed by atoms with van der Waals surface area (Å²) in [7, 11) is 0. The Hall–Kier alpha value is -0.850. The minimum atomic E-state index is -0.288. The molecular weight excluding hydrogens is 245 g/mol. The van der Waals surface area contributed by atoms with E-state index in [0.717, 1.165) is 10.9 Å². The topological polar surface area (TPSA) is 26.0 Å². The Balaban J connectivity index is 2.91. The van der Waals surface area contributed by atoms with E-state index in [0.29, 0.717) is 18.5 Å². The maximum Gasteiger partial charge on any atom is 0.138 e. The molecule has 0 aliphatic rings. The molecule has 0 heterocycles. The SMILES string of the molecule is NCc1ccc(F)c(C#CCCBr)c1. The van der Waals surface area contributed by atoms with Crippen LogP contribution in [0.5, 0.6) is 0 Å². The quantitative estimate of drug-likeness (QED) is 0.638. The summed E-state index contributed by atoms with van der Waals surface area (Å²) in [5, 5.41) is 0.804. The Kier molecular flexibility index (Phi) is 4.64. The van der Waals surface area contributed by atoms with Crippen LogP contribution in [-0.4, -0.2) is 5.33 Å². The van der Waals surface area contributed by atoms with E-state index < -0.39 is 0 Å². The highest BCUT2D eigenvalue weighted by Gasteiger charge is 1.99. The molecule has 74 valence electrons. The second-order valence-electron chi connectivity index (χ2n) is 2.76. The summed E-state index contributed by atoms with van der Waals surface area (Å²) in [6.07, 6.45) is 0.715. The lowest BCUT2D eigenvalue weighted by molar-refractivity contribution is 0.623. The third-order valence-corrected chi connectivity index (χ3v) is 2.11. The zero-order valence-electron chi connectivity index (χ0n) is 7.69. The number of benzene rings is 1. The predicted molar refractivity (Wildman–Crippen MR) is 59.6 cm³/mol. The van der Waals surface area contributed by atoms with Gasteiger partial charge < -0.3 is 5.73 Å². The molecule has 0 aliphatic carbocycles. The van der Waals surface area contributed by atoms with Crippen molar-refractivity contribution in [1.29, 1.82) is 0 Å². The van der Waals surface area contributed by atoms with Gasteiger partial charge in [-0.1, -0.05) is 33.8 Å². The first-order valence-electron chi connectivity index (χ1n) is 4.31. The number of hydrogen-bond acceptors (Lipinski definition) is 1. The summed E-state index contributed by atoms with van der Waals surface area (Å²) in [6.45, 7) is 0.410. The highest BCUT2D eigenvalue weighted by atomic mass is 79.9. The van der Waals surface area contributed by atoms with E-state index in [1.54, 1.807) is 12.1 Å². The number of nitrogens with two attached hydrogens (primary N) is 1. The van der Waals surface area contributed by atoms with Crippen LogP contribution in [0.3, 0.4) is 0 Å². The van der Waals surface area contributed by atoms with Crippen LogP contribution >= 0.6 is 15.9 Å². The molecule has 2 N–H and O–H groups in total. The van der Waals surface area contributed by atoms with Crippen molar-refractivity contribution in [3.63, 3.8) is 0 Å². The molecule has 0 atom stereocenters. The van der Waals surface area contributed by atoms with Gasteiger partial charge in [-0.05, 0) is 17.7 Å². The van der Waals surface area contributed by atoms with Crippen molar-refractivity contribution < 1.29 is 4.39 Å². The van der Waals surface area contributed by atoms with E-state index in [1.165, 1.54) is 6.07 Å². The summed E-state index contributed by atoms with van der Waals surface area (Å²) < 4.78 is 13.2. The molecule has 0 saturated carbocycles. The Labute approximate surface area is 91.6 Å². The fraction of sp³-hybridized carbons (Fsp3) is 0.273. The molecule has 0 unspecified atom stereocenters. The summed E-state index contributed by atoms with van der Waals surface area (Å²) in [4.78, 5) is 0. The van der Waals surface area contributed by atoms with Crippen molar-refractivity contribution in [1.82, 2.24) is 0 Å². The summed E-state index contributed by atoms with van der Waals surface area (Å²) >= 11 is 3.25. The van der Waals surface area contributed by atoms with Gasteiger partial charge in [0.15, 0.2) is 0 Å². The predicted octanol–water partition coefficient (Wildman–Crippen LogP) is 2.42. The smallest absolute Gasteiger partial charge is 0.138 e. The molecule has 1 aromatic rings. The zero-order valence-corrected chi connectivity index (χ0v) is 9.27. The van der Waals surface area contributed by atoms with Crippen LogP contribution in [0.15, 0.2) is 18.2 Å². The van der Waals surface area contributed by atoms with Gasteiger partial charge >= 0.3 is 0 Å². The first-order chi connectivity index (χ1) is 6.77. The second kappa shape index (κ2) is 5.79. The van der Waals surface area contributed by atoms with Crippen LogP contribution in [0.4, 0.5) is 4.39 Å². The molecule has 0 aromatic heterocycles. The normalized spacial score (nSPS) is 9.36. The molecule has 1 nitrogen and oxygen atoms in total. The summed E-state index contributed by atoms with van der Waals surface area (Å²) in [6, 6.07) is 4.77. The minimum Gasteiger partial charge on any atom is -0.326 e. The Morgan fingerprint density at radius 2 is 2.21 bits per heavy atom. The molecule has 3 heteroatoms. The van der Waals surface area contributed by atoms with Crippen molar-refractivity contribution in [2.45, 2.75) is 13.0 Å². The maximum absolute atomic E-state index is 13.2. The third kappa shape index (κ3) is 3.13. The van der Waals surface area contributed by atoms with Gasteiger partial charge in [-0.15, -0.1) is 0 Å². The lowest BCUT2D eigenvalue weighted by Gasteiger charge is -1.98. The monoisotopic (exact) mass is 255 g/mol. The van der Waals surface area contributed by atoms with Gasteiger partial charge in [0, 0.05) is 18.3 Å². The molecule has 1 aromatic carbocycles. The van der Waals surface area contributed by atoms with Gasteiger partial charge in [-0.25, -0.2) is 4.39 Å². The maximum atomic E-state index is 13.2. The third-order valence-electron chi connectivity index (χ3n) is 1.71. The van der Waals surface area contributed by atoms with Crippen molar-refractivity contribution in [2.75, 3.05) is 5.33 Å². The average molecular weight is 256 g/mol. The molecule has 0 fully saturated rings. The molecule has 0 spiro atoms. The number of alkyl halides is 1. The molecule has 0 aliphatic heterocycles. The molecular formula is C11H11BrFN. The number of hydrogen-bond donors (Lipinski definition) is 1. The fourth-order valence-electron chi connectivity index (χ4n) is 1.00. The van der Waals surface area contributed by atoms with E-state index in [2.05, 4.69) is 27.8 Å². The Morgan fingerprint density at radius 3 is 2.86 bits per heavy atom. The molecule has 1 rings (SSSR count). The highest BCUT2D eigenvalue weighted by Crippen LogP contribution is 2.08. The lowest BCUT2D eigenvalue weighted by atomic mass is 10.1. The van der Waals surface area contributed by atoms with Gasteiger partial charge in [0.05, 0.1) is 5.56 Å². The molecule has 0 bridgehead atoms. The number of halogens is 2. The molecule has 0 radical (unpaired) electrons. The second-order valence-corrected chi connectivity index (χ2v) is 3.55. The van der Waals surface area contributed by atoms with Gasteiger partial charge in [0.1, 0.15) is 5.82 Å². The van der Waals surface area contributed by atoms with Gasteiger partial charge in [0.25, 0.3) is 0 Å². The number of rotatable bonds is 2. The zero-order chi connectivity index (χ0) is 10.4.